The van der Waals surface area contributed by atoms with Crippen LogP contribution < -0.4 is 0 Å². The first kappa shape index (κ1) is 18.5. The Morgan fingerprint density at radius 2 is 1.73 bits per heavy atom. The van der Waals surface area contributed by atoms with E-state index in [-0.39, 0.29) is 24.4 Å². The summed E-state index contributed by atoms with van der Waals surface area (Å²) < 4.78 is 10.3. The second-order valence-electron chi connectivity index (χ2n) is 6.65. The van der Waals surface area contributed by atoms with E-state index in [1.165, 1.54) is 6.92 Å². The number of piperidine rings is 1. The number of carbonyl (C=O) groups excluding carboxylic acids is 3. The van der Waals surface area contributed by atoms with Gasteiger partial charge in [0.2, 0.25) is 0 Å². The second kappa shape index (κ2) is 7.61. The quantitative estimate of drug-likeness (QED) is 0.588. The Bertz CT molecular complexity index is 419. The zero-order valence-corrected chi connectivity index (χ0v) is 14.2. The van der Waals surface area contributed by atoms with Crippen LogP contribution in [0.15, 0.2) is 0 Å². The van der Waals surface area contributed by atoms with Crippen LogP contribution >= 0.6 is 0 Å². The summed E-state index contributed by atoms with van der Waals surface area (Å²) >= 11 is 0. The predicted molar refractivity (Wildman–Crippen MR) is 81.3 cm³/mol. The van der Waals surface area contributed by atoms with E-state index < -0.39 is 17.5 Å². The highest BCUT2D eigenvalue weighted by Crippen LogP contribution is 2.27. The normalized spacial score (nSPS) is 17.8. The van der Waals surface area contributed by atoms with E-state index >= 15 is 0 Å². The van der Waals surface area contributed by atoms with Crippen molar-refractivity contribution < 1.29 is 23.9 Å². The fourth-order valence-electron chi connectivity index (χ4n) is 2.66. The molecule has 22 heavy (non-hydrogen) atoms. The van der Waals surface area contributed by atoms with Crippen molar-refractivity contribution >= 4 is 17.8 Å². The third-order valence-corrected chi connectivity index (χ3v) is 3.64. The van der Waals surface area contributed by atoms with Gasteiger partial charge < -0.3 is 14.4 Å². The van der Waals surface area contributed by atoms with Crippen LogP contribution in [0.4, 0.5) is 4.79 Å². The number of hydrogen-bond donors (Lipinski definition) is 0. The molecule has 0 saturated carbocycles. The number of amides is 1. The average molecular weight is 313 g/mol. The molecule has 1 aliphatic rings. The van der Waals surface area contributed by atoms with E-state index in [4.69, 9.17) is 9.47 Å². The first-order chi connectivity index (χ1) is 10.2. The molecular weight excluding hydrogens is 286 g/mol. The van der Waals surface area contributed by atoms with Crippen molar-refractivity contribution in [2.75, 3.05) is 19.7 Å². The zero-order chi connectivity index (χ0) is 16.9. The van der Waals surface area contributed by atoms with Gasteiger partial charge in [0.1, 0.15) is 17.3 Å². The number of nitrogens with zero attached hydrogens (tertiary/aromatic N) is 1. The molecule has 0 N–H and O–H groups in total. The summed E-state index contributed by atoms with van der Waals surface area (Å²) in [6, 6.07) is 0. The number of carbonyl (C=O) groups is 3. The Balaban J connectivity index is 2.61. The molecule has 1 heterocycles. The van der Waals surface area contributed by atoms with E-state index in [2.05, 4.69) is 0 Å². The largest absolute Gasteiger partial charge is 0.465 e. The lowest BCUT2D eigenvalue weighted by Crippen LogP contribution is -2.45. The SMILES string of the molecule is CCOC(=O)[C@H](C(C)=O)C1CCN(C(=O)OC(C)(C)C)CC1. The topological polar surface area (TPSA) is 72.9 Å². The average Bonchev–Trinajstić information content (AvgIpc) is 2.37. The number of hydrogen-bond acceptors (Lipinski definition) is 5. The van der Waals surface area contributed by atoms with Gasteiger partial charge >= 0.3 is 12.1 Å². The van der Waals surface area contributed by atoms with Crippen LogP contribution in [0.25, 0.3) is 0 Å². The highest BCUT2D eigenvalue weighted by molar-refractivity contribution is 5.98. The number of ketones is 1. The fraction of sp³-hybridized carbons (Fsp3) is 0.812. The summed E-state index contributed by atoms with van der Waals surface area (Å²) in [4.78, 5) is 37.3. The van der Waals surface area contributed by atoms with Gasteiger partial charge in [0.25, 0.3) is 0 Å². The Hall–Kier alpha value is -1.59. The van der Waals surface area contributed by atoms with Crippen molar-refractivity contribution in [2.24, 2.45) is 11.8 Å². The number of esters is 1. The Morgan fingerprint density at radius 3 is 2.14 bits per heavy atom. The molecule has 1 fully saturated rings. The molecule has 0 aromatic carbocycles. The lowest BCUT2D eigenvalue weighted by molar-refractivity contribution is -0.154. The van der Waals surface area contributed by atoms with Crippen molar-refractivity contribution in [3.05, 3.63) is 0 Å². The molecule has 1 atom stereocenters. The van der Waals surface area contributed by atoms with E-state index in [1.807, 2.05) is 20.8 Å². The van der Waals surface area contributed by atoms with E-state index in [1.54, 1.807) is 11.8 Å². The van der Waals surface area contributed by atoms with Crippen LogP contribution in [0.3, 0.4) is 0 Å². The molecule has 0 aromatic rings. The highest BCUT2D eigenvalue weighted by atomic mass is 16.6. The molecule has 0 radical (unpaired) electrons. The molecule has 0 unspecified atom stereocenters. The first-order valence-electron chi connectivity index (χ1n) is 7.80. The molecule has 6 heteroatoms. The summed E-state index contributed by atoms with van der Waals surface area (Å²) in [6.45, 7) is 9.85. The summed E-state index contributed by atoms with van der Waals surface area (Å²) in [7, 11) is 0. The molecule has 1 amide bonds. The van der Waals surface area contributed by atoms with Gasteiger partial charge in [-0.05, 0) is 53.4 Å². The van der Waals surface area contributed by atoms with Gasteiger partial charge in [-0.25, -0.2) is 4.79 Å². The van der Waals surface area contributed by atoms with E-state index in [9.17, 15) is 14.4 Å². The maximum Gasteiger partial charge on any atom is 0.410 e. The predicted octanol–water partition coefficient (Wildman–Crippen LogP) is 2.40. The summed E-state index contributed by atoms with van der Waals surface area (Å²) in [5.41, 5.74) is -0.527. The van der Waals surface area contributed by atoms with Gasteiger partial charge in [0, 0.05) is 13.1 Å². The molecule has 1 aliphatic heterocycles. The smallest absolute Gasteiger partial charge is 0.410 e. The zero-order valence-electron chi connectivity index (χ0n) is 14.2. The summed E-state index contributed by atoms with van der Waals surface area (Å²) in [5.74, 6) is -1.42. The lowest BCUT2D eigenvalue weighted by atomic mass is 9.82. The van der Waals surface area contributed by atoms with E-state index in [0.717, 1.165) is 0 Å². The van der Waals surface area contributed by atoms with Crippen LogP contribution in [-0.2, 0) is 19.1 Å². The molecule has 1 rings (SSSR count). The maximum absolute atomic E-state index is 12.0. The molecule has 0 bridgehead atoms. The van der Waals surface area contributed by atoms with E-state index in [0.29, 0.717) is 25.9 Å². The lowest BCUT2D eigenvalue weighted by Gasteiger charge is -2.35. The van der Waals surface area contributed by atoms with Crippen molar-refractivity contribution in [3.8, 4) is 0 Å². The number of Topliss-reactive ketones (excluding diaryl/α,β-unsaturated/α-hetero) is 1. The van der Waals surface area contributed by atoms with Gasteiger partial charge in [-0.1, -0.05) is 0 Å². The van der Waals surface area contributed by atoms with Gasteiger partial charge in [-0.3, -0.25) is 9.59 Å². The third kappa shape index (κ3) is 5.31. The molecule has 0 spiro atoms. The van der Waals surface area contributed by atoms with Crippen LogP contribution in [0, 0.1) is 11.8 Å². The minimum absolute atomic E-state index is 0.0739. The minimum atomic E-state index is -0.722. The van der Waals surface area contributed by atoms with Crippen molar-refractivity contribution in [1.82, 2.24) is 4.90 Å². The number of rotatable bonds is 4. The van der Waals surface area contributed by atoms with Crippen LogP contribution in [0.2, 0.25) is 0 Å². The summed E-state index contributed by atoms with van der Waals surface area (Å²) in [6.07, 6.45) is 0.853. The molecule has 0 aromatic heterocycles. The fourth-order valence-corrected chi connectivity index (χ4v) is 2.66. The number of likely N-dealkylation sites (tertiary alicyclic amines) is 1. The third-order valence-electron chi connectivity index (χ3n) is 3.64. The maximum atomic E-state index is 12.0. The van der Waals surface area contributed by atoms with Gasteiger partial charge in [-0.2, -0.15) is 0 Å². The van der Waals surface area contributed by atoms with Gasteiger partial charge in [0.15, 0.2) is 0 Å². The van der Waals surface area contributed by atoms with Crippen LogP contribution in [-0.4, -0.2) is 48.0 Å². The summed E-state index contributed by atoms with van der Waals surface area (Å²) in [5, 5.41) is 0. The molecular formula is C16H27NO5. The standard InChI is InChI=1S/C16H27NO5/c1-6-21-14(19)13(11(2)18)12-7-9-17(10-8-12)15(20)22-16(3,4)5/h12-13H,6-10H2,1-5H3/t13-/m1/s1. The monoisotopic (exact) mass is 313 g/mol. The van der Waals surface area contributed by atoms with Crippen molar-refractivity contribution in [2.45, 2.75) is 53.1 Å². The second-order valence-corrected chi connectivity index (χ2v) is 6.65. The van der Waals surface area contributed by atoms with Crippen LogP contribution in [0.5, 0.6) is 0 Å². The highest BCUT2D eigenvalue weighted by Gasteiger charge is 2.37. The Labute approximate surface area is 132 Å². The van der Waals surface area contributed by atoms with Gasteiger partial charge in [0.05, 0.1) is 6.61 Å². The molecule has 0 aliphatic carbocycles. The molecule has 1 saturated heterocycles. The molecule has 6 nitrogen and oxygen atoms in total. The number of ether oxygens (including phenoxy) is 2. The Morgan fingerprint density at radius 1 is 1.18 bits per heavy atom. The van der Waals surface area contributed by atoms with Crippen molar-refractivity contribution in [3.63, 3.8) is 0 Å². The molecule has 126 valence electrons. The van der Waals surface area contributed by atoms with Crippen molar-refractivity contribution in [1.29, 1.82) is 0 Å². The minimum Gasteiger partial charge on any atom is -0.465 e. The van der Waals surface area contributed by atoms with Crippen LogP contribution in [0.1, 0.15) is 47.5 Å². The first-order valence-corrected chi connectivity index (χ1v) is 7.80. The Kier molecular flexibility index (Phi) is 6.38. The van der Waals surface area contributed by atoms with Gasteiger partial charge in [-0.15, -0.1) is 0 Å².